The molecule has 27 heavy (non-hydrogen) atoms. The number of carbonyl (C=O) groups is 3. The molecule has 7 heteroatoms. The van der Waals surface area contributed by atoms with Crippen molar-refractivity contribution in [3.63, 3.8) is 0 Å². The van der Waals surface area contributed by atoms with Gasteiger partial charge in [-0.1, -0.05) is 32.1 Å². The highest BCUT2D eigenvalue weighted by Crippen LogP contribution is 2.58. The van der Waals surface area contributed by atoms with Crippen molar-refractivity contribution < 1.29 is 19.5 Å². The molecule has 0 aromatic heterocycles. The van der Waals surface area contributed by atoms with E-state index in [0.29, 0.717) is 25.3 Å². The number of hydrogen-bond donors (Lipinski definition) is 3. The summed E-state index contributed by atoms with van der Waals surface area (Å²) < 4.78 is 0. The van der Waals surface area contributed by atoms with Crippen molar-refractivity contribution in [3.8, 4) is 0 Å². The van der Waals surface area contributed by atoms with E-state index in [0.717, 1.165) is 25.4 Å². The molecule has 150 valence electrons. The zero-order chi connectivity index (χ0) is 19.2. The lowest BCUT2D eigenvalue weighted by Crippen LogP contribution is -2.57. The number of rotatable bonds is 4. The minimum atomic E-state index is -0.960. The van der Waals surface area contributed by atoms with E-state index in [1.165, 1.54) is 32.1 Å². The van der Waals surface area contributed by atoms with E-state index in [-0.39, 0.29) is 23.1 Å². The largest absolute Gasteiger partial charge is 0.481 e. The SMILES string of the molecule is NC(=O)C1CC12CNC(C(=O)N1CCC(C3CCCCC3)C1)C(C(=O)O)C2. The van der Waals surface area contributed by atoms with E-state index in [9.17, 15) is 19.5 Å². The molecule has 4 aliphatic rings. The molecule has 0 aromatic carbocycles. The highest BCUT2D eigenvalue weighted by Gasteiger charge is 2.62. The highest BCUT2D eigenvalue weighted by molar-refractivity contribution is 5.89. The maximum Gasteiger partial charge on any atom is 0.308 e. The Kier molecular flexibility index (Phi) is 4.91. The summed E-state index contributed by atoms with van der Waals surface area (Å²) in [6.07, 6.45) is 8.48. The fraction of sp³-hybridized carbons (Fsp3) is 0.850. The van der Waals surface area contributed by atoms with Crippen LogP contribution < -0.4 is 11.1 Å². The molecule has 7 nitrogen and oxygen atoms in total. The minimum absolute atomic E-state index is 0.0770. The molecule has 2 saturated heterocycles. The number of carboxylic acid groups (broad SMARTS) is 1. The van der Waals surface area contributed by atoms with Gasteiger partial charge in [0.1, 0.15) is 6.04 Å². The van der Waals surface area contributed by atoms with Gasteiger partial charge < -0.3 is 21.1 Å². The molecule has 5 atom stereocenters. The third-order valence-corrected chi connectivity index (χ3v) is 7.67. The molecule has 0 radical (unpaired) electrons. The molecule has 4 fully saturated rings. The van der Waals surface area contributed by atoms with Crippen molar-refractivity contribution in [2.45, 2.75) is 57.4 Å². The van der Waals surface area contributed by atoms with E-state index >= 15 is 0 Å². The fourth-order valence-corrected chi connectivity index (χ4v) is 5.92. The van der Waals surface area contributed by atoms with Crippen molar-refractivity contribution in [2.24, 2.45) is 34.8 Å². The summed E-state index contributed by atoms with van der Waals surface area (Å²) in [5.41, 5.74) is 5.06. The molecular weight excluding hydrogens is 346 g/mol. The molecule has 2 saturated carbocycles. The van der Waals surface area contributed by atoms with Crippen LogP contribution in [-0.2, 0) is 14.4 Å². The number of aliphatic carboxylic acids is 1. The fourth-order valence-electron chi connectivity index (χ4n) is 5.92. The van der Waals surface area contributed by atoms with E-state index in [2.05, 4.69) is 5.32 Å². The lowest BCUT2D eigenvalue weighted by molar-refractivity contribution is -0.150. The number of likely N-dealkylation sites (tertiary alicyclic amines) is 1. The number of nitrogens with one attached hydrogen (secondary N) is 1. The van der Waals surface area contributed by atoms with Gasteiger partial charge in [-0.05, 0) is 36.5 Å². The lowest BCUT2D eigenvalue weighted by Gasteiger charge is -2.37. The first-order valence-electron chi connectivity index (χ1n) is 10.5. The van der Waals surface area contributed by atoms with Gasteiger partial charge in [-0.15, -0.1) is 0 Å². The topological polar surface area (TPSA) is 113 Å². The molecule has 2 amide bonds. The Hall–Kier alpha value is -1.63. The lowest BCUT2D eigenvalue weighted by atomic mass is 9.79. The van der Waals surface area contributed by atoms with Crippen LogP contribution >= 0.6 is 0 Å². The molecule has 0 bridgehead atoms. The van der Waals surface area contributed by atoms with Crippen molar-refractivity contribution in [2.75, 3.05) is 19.6 Å². The number of primary amides is 1. The summed E-state index contributed by atoms with van der Waals surface area (Å²) in [6.45, 7) is 2.00. The highest BCUT2D eigenvalue weighted by atomic mass is 16.4. The van der Waals surface area contributed by atoms with Crippen molar-refractivity contribution in [1.29, 1.82) is 0 Å². The zero-order valence-electron chi connectivity index (χ0n) is 15.9. The van der Waals surface area contributed by atoms with Gasteiger partial charge in [0.05, 0.1) is 5.92 Å². The van der Waals surface area contributed by atoms with Crippen LogP contribution in [-0.4, -0.2) is 53.5 Å². The monoisotopic (exact) mass is 377 g/mol. The van der Waals surface area contributed by atoms with Gasteiger partial charge in [-0.3, -0.25) is 14.4 Å². The Morgan fingerprint density at radius 1 is 1.04 bits per heavy atom. The third kappa shape index (κ3) is 3.46. The maximum absolute atomic E-state index is 13.1. The van der Waals surface area contributed by atoms with Crippen LogP contribution in [0.5, 0.6) is 0 Å². The second-order valence-corrected chi connectivity index (χ2v) is 9.26. The van der Waals surface area contributed by atoms with E-state index in [4.69, 9.17) is 5.73 Å². The van der Waals surface area contributed by atoms with Crippen LogP contribution in [0.25, 0.3) is 0 Å². The maximum atomic E-state index is 13.1. The van der Waals surface area contributed by atoms with Crippen LogP contribution in [0.15, 0.2) is 0 Å². The second kappa shape index (κ2) is 7.08. The van der Waals surface area contributed by atoms with Crippen LogP contribution in [0.1, 0.15) is 51.4 Å². The third-order valence-electron chi connectivity index (χ3n) is 7.67. The van der Waals surface area contributed by atoms with Gasteiger partial charge in [0, 0.05) is 25.6 Å². The first kappa shape index (κ1) is 18.7. The Morgan fingerprint density at radius 2 is 1.78 bits per heavy atom. The number of carboxylic acids is 1. The predicted molar refractivity (Wildman–Crippen MR) is 98.5 cm³/mol. The molecule has 1 spiro atoms. The quantitative estimate of drug-likeness (QED) is 0.676. The Morgan fingerprint density at radius 3 is 2.41 bits per heavy atom. The van der Waals surface area contributed by atoms with Crippen molar-refractivity contribution >= 4 is 17.8 Å². The molecule has 2 aliphatic heterocycles. The Bertz CT molecular complexity index is 633. The molecule has 2 aliphatic carbocycles. The number of nitrogens with two attached hydrogens (primary N) is 1. The average molecular weight is 377 g/mol. The van der Waals surface area contributed by atoms with Crippen LogP contribution in [0.4, 0.5) is 0 Å². The number of carbonyl (C=O) groups excluding carboxylic acids is 2. The molecule has 2 heterocycles. The average Bonchev–Trinajstić information content (AvgIpc) is 3.14. The minimum Gasteiger partial charge on any atom is -0.481 e. The van der Waals surface area contributed by atoms with Gasteiger partial charge in [0.2, 0.25) is 11.8 Å². The van der Waals surface area contributed by atoms with Crippen LogP contribution in [0, 0.1) is 29.1 Å². The number of piperidine rings is 1. The number of nitrogens with zero attached hydrogens (tertiary/aromatic N) is 1. The smallest absolute Gasteiger partial charge is 0.308 e. The first-order chi connectivity index (χ1) is 12.9. The summed E-state index contributed by atoms with van der Waals surface area (Å²) in [6, 6.07) is -0.688. The van der Waals surface area contributed by atoms with Crippen molar-refractivity contribution in [1.82, 2.24) is 10.2 Å². The summed E-state index contributed by atoms with van der Waals surface area (Å²) in [5, 5.41) is 12.9. The Balaban J connectivity index is 1.39. The zero-order valence-corrected chi connectivity index (χ0v) is 15.9. The van der Waals surface area contributed by atoms with Crippen LogP contribution in [0.3, 0.4) is 0 Å². The van der Waals surface area contributed by atoms with Crippen LogP contribution in [0.2, 0.25) is 0 Å². The molecule has 0 aromatic rings. The first-order valence-corrected chi connectivity index (χ1v) is 10.5. The van der Waals surface area contributed by atoms with Gasteiger partial charge in [-0.2, -0.15) is 0 Å². The molecular formula is C20H31N3O4. The van der Waals surface area contributed by atoms with Gasteiger partial charge in [0.25, 0.3) is 0 Å². The number of hydrogen-bond acceptors (Lipinski definition) is 4. The summed E-state index contributed by atoms with van der Waals surface area (Å²) in [4.78, 5) is 38.3. The Labute approximate surface area is 160 Å². The van der Waals surface area contributed by atoms with Crippen molar-refractivity contribution in [3.05, 3.63) is 0 Å². The van der Waals surface area contributed by atoms with E-state index < -0.39 is 17.9 Å². The standard InChI is InChI=1S/C20H31N3O4/c21-17(24)15-9-20(15)8-14(19(26)27)16(22-11-20)18(25)23-7-6-13(10-23)12-4-2-1-3-5-12/h12-16,22H,1-11H2,(H2,21,24)(H,26,27). The summed E-state index contributed by atoms with van der Waals surface area (Å²) >= 11 is 0. The van der Waals surface area contributed by atoms with Gasteiger partial charge >= 0.3 is 5.97 Å². The predicted octanol–water partition coefficient (Wildman–Crippen LogP) is 0.969. The molecule has 5 unspecified atom stereocenters. The normalized spacial score (nSPS) is 39.5. The second-order valence-electron chi connectivity index (χ2n) is 9.26. The number of amides is 2. The van der Waals surface area contributed by atoms with Gasteiger partial charge in [-0.25, -0.2) is 0 Å². The van der Waals surface area contributed by atoms with E-state index in [1.807, 2.05) is 4.90 Å². The summed E-state index contributed by atoms with van der Waals surface area (Å²) in [5.74, 6) is -1.16. The van der Waals surface area contributed by atoms with E-state index in [1.54, 1.807) is 0 Å². The molecule has 4 rings (SSSR count). The summed E-state index contributed by atoms with van der Waals surface area (Å²) in [7, 11) is 0. The van der Waals surface area contributed by atoms with Gasteiger partial charge in [0.15, 0.2) is 0 Å². The molecule has 4 N–H and O–H groups in total.